The van der Waals surface area contributed by atoms with Crippen LogP contribution in [0, 0.1) is 0 Å². The van der Waals surface area contributed by atoms with E-state index in [-0.39, 0.29) is 0 Å². The standard InChI is InChI=1S/C56H36N2S/c1-2-14-43-40(13-1)36-54(46-17-4-3-16-45(43)46)57(41-30-25-37(26-31-41)39-29-34-56-50(35-39)49-20-8-12-24-55(49)59-56)42-32-27-38(28-33-42)44-15-5-9-21-51(44)58-52-22-10-6-18-47(52)48-19-7-11-23-53(48)58/h1-36H. The minimum absolute atomic E-state index is 1.10. The van der Waals surface area contributed by atoms with Gasteiger partial charge in [0.25, 0.3) is 0 Å². The molecule has 12 aromatic rings. The normalized spacial score (nSPS) is 11.7. The number of hydrogen-bond donors (Lipinski definition) is 0. The smallest absolute Gasteiger partial charge is 0.0546 e. The monoisotopic (exact) mass is 768 g/mol. The highest BCUT2D eigenvalue weighted by atomic mass is 32.1. The molecule has 0 amide bonds. The zero-order valence-electron chi connectivity index (χ0n) is 32.1. The SMILES string of the molecule is c1ccc(-n2c3ccccc3c3ccccc32)c(-c2ccc(N(c3ccc(-c4ccc5sc6ccccc6c5c4)cc3)c3cc4ccccc4c4ccccc34)cc2)c1. The lowest BCUT2D eigenvalue weighted by molar-refractivity contribution is 1.18. The number of nitrogens with zero attached hydrogens (tertiary/aromatic N) is 2. The minimum atomic E-state index is 1.10. The second-order valence-corrected chi connectivity index (χ2v) is 16.4. The van der Waals surface area contributed by atoms with Crippen molar-refractivity contribution in [3.05, 3.63) is 218 Å². The molecule has 0 radical (unpaired) electrons. The van der Waals surface area contributed by atoms with Gasteiger partial charge in [0.15, 0.2) is 0 Å². The maximum Gasteiger partial charge on any atom is 0.0546 e. The van der Waals surface area contributed by atoms with Crippen LogP contribution in [-0.2, 0) is 0 Å². The molecule has 2 heterocycles. The maximum atomic E-state index is 2.43. The van der Waals surface area contributed by atoms with E-state index in [1.54, 1.807) is 0 Å². The van der Waals surface area contributed by atoms with Crippen molar-refractivity contribution in [1.82, 2.24) is 4.57 Å². The third-order valence-corrected chi connectivity index (χ3v) is 13.1. The van der Waals surface area contributed by atoms with E-state index in [1.165, 1.54) is 91.5 Å². The lowest BCUT2D eigenvalue weighted by Gasteiger charge is -2.28. The molecule has 2 aromatic heterocycles. The van der Waals surface area contributed by atoms with Gasteiger partial charge in [0.1, 0.15) is 0 Å². The molecule has 0 spiro atoms. The lowest BCUT2D eigenvalue weighted by Crippen LogP contribution is -2.10. The summed E-state index contributed by atoms with van der Waals surface area (Å²) in [5, 5.41) is 10.1. The summed E-state index contributed by atoms with van der Waals surface area (Å²) in [4.78, 5) is 2.43. The highest BCUT2D eigenvalue weighted by Crippen LogP contribution is 2.44. The number of benzene rings is 10. The third kappa shape index (κ3) is 5.47. The van der Waals surface area contributed by atoms with Gasteiger partial charge in [-0.3, -0.25) is 0 Å². The molecule has 276 valence electrons. The quantitative estimate of drug-likeness (QED) is 0.153. The van der Waals surface area contributed by atoms with Crippen molar-refractivity contribution in [2.75, 3.05) is 4.90 Å². The van der Waals surface area contributed by atoms with Crippen LogP contribution in [0.5, 0.6) is 0 Å². The Labute approximate surface area is 346 Å². The molecule has 0 aliphatic rings. The molecule has 3 heteroatoms. The molecule has 0 aliphatic heterocycles. The summed E-state index contributed by atoms with van der Waals surface area (Å²) in [6.07, 6.45) is 0. The van der Waals surface area contributed by atoms with Gasteiger partial charge in [0.05, 0.1) is 22.4 Å². The van der Waals surface area contributed by atoms with Crippen LogP contribution < -0.4 is 4.90 Å². The van der Waals surface area contributed by atoms with E-state index in [2.05, 4.69) is 228 Å². The average molecular weight is 769 g/mol. The molecule has 12 rings (SSSR count). The summed E-state index contributed by atoms with van der Waals surface area (Å²) in [5.74, 6) is 0. The third-order valence-electron chi connectivity index (χ3n) is 12.0. The second-order valence-electron chi connectivity index (χ2n) is 15.3. The maximum absolute atomic E-state index is 2.43. The van der Waals surface area contributed by atoms with Crippen LogP contribution in [0.3, 0.4) is 0 Å². The Morgan fingerprint density at radius 2 is 0.864 bits per heavy atom. The number of anilines is 3. The van der Waals surface area contributed by atoms with Crippen molar-refractivity contribution in [2.24, 2.45) is 0 Å². The number of thiophene rings is 1. The predicted octanol–water partition coefficient (Wildman–Crippen LogP) is 16.3. The van der Waals surface area contributed by atoms with Gasteiger partial charge in [0, 0.05) is 53.3 Å². The summed E-state index contributed by atoms with van der Waals surface area (Å²) in [6, 6.07) is 80.0. The molecule has 0 saturated heterocycles. The summed E-state index contributed by atoms with van der Waals surface area (Å²) in [5.41, 5.74) is 11.7. The fraction of sp³-hybridized carbons (Fsp3) is 0. The zero-order valence-corrected chi connectivity index (χ0v) is 32.9. The van der Waals surface area contributed by atoms with Crippen molar-refractivity contribution in [1.29, 1.82) is 0 Å². The summed E-state index contributed by atoms with van der Waals surface area (Å²) in [7, 11) is 0. The molecule has 2 nitrogen and oxygen atoms in total. The van der Waals surface area contributed by atoms with Gasteiger partial charge in [-0.05, 0) is 99.6 Å². The van der Waals surface area contributed by atoms with E-state index in [0.29, 0.717) is 0 Å². The Morgan fingerprint density at radius 3 is 1.59 bits per heavy atom. The van der Waals surface area contributed by atoms with E-state index in [4.69, 9.17) is 0 Å². The Morgan fingerprint density at radius 1 is 0.339 bits per heavy atom. The summed E-state index contributed by atoms with van der Waals surface area (Å²) < 4.78 is 5.07. The molecule has 0 aliphatic carbocycles. The molecule has 0 fully saturated rings. The second kappa shape index (κ2) is 13.6. The van der Waals surface area contributed by atoms with E-state index in [1.807, 2.05) is 11.3 Å². The fourth-order valence-corrected chi connectivity index (χ4v) is 10.3. The number of hydrogen-bond acceptors (Lipinski definition) is 2. The Kier molecular flexibility index (Phi) is 7.75. The molecule has 0 saturated carbocycles. The van der Waals surface area contributed by atoms with Crippen molar-refractivity contribution in [2.45, 2.75) is 0 Å². The first-order valence-corrected chi connectivity index (χ1v) is 21.0. The Bertz CT molecular complexity index is 3500. The molecule has 0 bridgehead atoms. The molecule has 59 heavy (non-hydrogen) atoms. The van der Waals surface area contributed by atoms with Crippen molar-refractivity contribution in [3.63, 3.8) is 0 Å². The first-order chi connectivity index (χ1) is 29.3. The Balaban J connectivity index is 1.00. The van der Waals surface area contributed by atoms with Gasteiger partial charge < -0.3 is 9.47 Å². The lowest BCUT2D eigenvalue weighted by atomic mass is 9.98. The van der Waals surface area contributed by atoms with Crippen LogP contribution in [0.25, 0.3) is 91.5 Å². The number of fused-ring (bicyclic) bond motifs is 9. The van der Waals surface area contributed by atoms with Gasteiger partial charge >= 0.3 is 0 Å². The van der Waals surface area contributed by atoms with Gasteiger partial charge in [-0.1, -0.05) is 152 Å². The largest absolute Gasteiger partial charge is 0.310 e. The molecular weight excluding hydrogens is 733 g/mol. The Hall–Kier alpha value is -7.46. The highest BCUT2D eigenvalue weighted by molar-refractivity contribution is 7.25. The average Bonchev–Trinajstić information content (AvgIpc) is 3.85. The molecule has 0 atom stereocenters. The number of para-hydroxylation sites is 3. The van der Waals surface area contributed by atoms with Crippen LogP contribution >= 0.6 is 11.3 Å². The van der Waals surface area contributed by atoms with Gasteiger partial charge in [-0.15, -0.1) is 11.3 Å². The number of rotatable bonds is 6. The van der Waals surface area contributed by atoms with E-state index in [9.17, 15) is 0 Å². The van der Waals surface area contributed by atoms with Crippen LogP contribution in [0.2, 0.25) is 0 Å². The number of aromatic nitrogens is 1. The van der Waals surface area contributed by atoms with Crippen molar-refractivity contribution in [3.8, 4) is 27.9 Å². The first-order valence-electron chi connectivity index (χ1n) is 20.2. The topological polar surface area (TPSA) is 8.17 Å². The van der Waals surface area contributed by atoms with Crippen LogP contribution in [-0.4, -0.2) is 4.57 Å². The predicted molar refractivity (Wildman–Crippen MR) is 254 cm³/mol. The highest BCUT2D eigenvalue weighted by Gasteiger charge is 2.19. The van der Waals surface area contributed by atoms with Gasteiger partial charge in [0.2, 0.25) is 0 Å². The summed E-state index contributed by atoms with van der Waals surface area (Å²) in [6.45, 7) is 0. The molecule has 0 N–H and O–H groups in total. The minimum Gasteiger partial charge on any atom is -0.310 e. The van der Waals surface area contributed by atoms with E-state index < -0.39 is 0 Å². The fourth-order valence-electron chi connectivity index (χ4n) is 9.24. The molecular formula is C56H36N2S. The molecule has 0 unspecified atom stereocenters. The first kappa shape index (κ1) is 33.7. The summed E-state index contributed by atoms with van der Waals surface area (Å²) >= 11 is 1.86. The van der Waals surface area contributed by atoms with Gasteiger partial charge in [-0.25, -0.2) is 0 Å². The van der Waals surface area contributed by atoms with Crippen LogP contribution in [0.1, 0.15) is 0 Å². The van der Waals surface area contributed by atoms with Crippen molar-refractivity contribution >= 4 is 91.9 Å². The van der Waals surface area contributed by atoms with Crippen molar-refractivity contribution < 1.29 is 0 Å². The van der Waals surface area contributed by atoms with Crippen LogP contribution in [0.15, 0.2) is 218 Å². The van der Waals surface area contributed by atoms with E-state index >= 15 is 0 Å². The molecule has 10 aromatic carbocycles. The van der Waals surface area contributed by atoms with E-state index in [0.717, 1.165) is 17.1 Å². The van der Waals surface area contributed by atoms with Gasteiger partial charge in [-0.2, -0.15) is 0 Å². The zero-order chi connectivity index (χ0) is 38.9. The van der Waals surface area contributed by atoms with Crippen LogP contribution in [0.4, 0.5) is 17.1 Å².